The van der Waals surface area contributed by atoms with Gasteiger partial charge in [0.2, 0.25) is 5.91 Å². The van der Waals surface area contributed by atoms with Crippen LogP contribution in [0.4, 0.5) is 16.4 Å². The molecule has 4 rings (SSSR count). The molecule has 3 atom stereocenters. The summed E-state index contributed by atoms with van der Waals surface area (Å²) in [4.78, 5) is 50.4. The van der Waals surface area contributed by atoms with Crippen LogP contribution in [-0.4, -0.2) is 45.8 Å². The second-order valence-corrected chi connectivity index (χ2v) is 8.84. The Kier molecular flexibility index (Phi) is 6.87. The van der Waals surface area contributed by atoms with Gasteiger partial charge in [-0.15, -0.1) is 11.3 Å². The summed E-state index contributed by atoms with van der Waals surface area (Å²) in [6.45, 7) is 1.95. The molecule has 1 aliphatic rings. The van der Waals surface area contributed by atoms with Gasteiger partial charge in [0, 0.05) is 18.6 Å². The summed E-state index contributed by atoms with van der Waals surface area (Å²) in [5, 5.41) is 4.66. The van der Waals surface area contributed by atoms with Crippen LogP contribution in [0.15, 0.2) is 59.6 Å². The van der Waals surface area contributed by atoms with Gasteiger partial charge in [0.1, 0.15) is 17.7 Å². The molecule has 1 fully saturated rings. The predicted octanol–water partition coefficient (Wildman–Crippen LogP) is 3.01. The maximum atomic E-state index is 13.5. The average molecular weight is 479 g/mol. The number of carbonyl (C=O) groups excluding carboxylic acids is 3. The zero-order valence-electron chi connectivity index (χ0n) is 18.9. The van der Waals surface area contributed by atoms with E-state index in [4.69, 9.17) is 5.73 Å². The second-order valence-electron chi connectivity index (χ2n) is 8.12. The van der Waals surface area contributed by atoms with Crippen molar-refractivity contribution in [3.05, 3.63) is 70.7 Å². The van der Waals surface area contributed by atoms with Crippen LogP contribution < -0.4 is 16.0 Å². The molecule has 0 spiro atoms. The minimum absolute atomic E-state index is 0.270. The number of β-lactam (4-membered cyclic amide) rings is 1. The van der Waals surface area contributed by atoms with Gasteiger partial charge in [0.25, 0.3) is 5.91 Å². The normalized spacial score (nSPS) is 18.2. The Bertz CT molecular complexity index is 1170. The number of carbonyl (C=O) groups is 3. The molecule has 3 heterocycles. The van der Waals surface area contributed by atoms with E-state index >= 15 is 0 Å². The van der Waals surface area contributed by atoms with Crippen molar-refractivity contribution in [3.63, 3.8) is 0 Å². The Morgan fingerprint density at radius 3 is 2.65 bits per heavy atom. The molecule has 0 aliphatic carbocycles. The topological polar surface area (TPSA) is 122 Å². The minimum Gasteiger partial charge on any atom is -0.384 e. The first-order valence-electron chi connectivity index (χ1n) is 10.9. The number of hydrogen-bond donors (Lipinski definition) is 2. The van der Waals surface area contributed by atoms with Gasteiger partial charge in [-0.3, -0.25) is 19.4 Å². The van der Waals surface area contributed by atoms with Crippen molar-refractivity contribution in [1.29, 1.82) is 0 Å². The number of nitrogen functional groups attached to an aromatic ring is 1. The first kappa shape index (κ1) is 23.4. The summed E-state index contributed by atoms with van der Waals surface area (Å²) in [7, 11) is 1.59. The third-order valence-corrected chi connectivity index (χ3v) is 6.56. The van der Waals surface area contributed by atoms with Crippen LogP contribution in [0.1, 0.15) is 30.5 Å². The fraction of sp³-hybridized carbons (Fsp3) is 0.292. The minimum atomic E-state index is -0.957. The van der Waals surface area contributed by atoms with Gasteiger partial charge in [-0.2, -0.15) is 0 Å². The van der Waals surface area contributed by atoms with Crippen LogP contribution in [0.2, 0.25) is 0 Å². The number of likely N-dealkylation sites (tertiary alicyclic amines) is 1. The molecule has 3 N–H and O–H groups in total. The van der Waals surface area contributed by atoms with Gasteiger partial charge < -0.3 is 11.1 Å². The summed E-state index contributed by atoms with van der Waals surface area (Å²) in [6.07, 6.45) is 2.46. The van der Waals surface area contributed by atoms with Gasteiger partial charge in [-0.1, -0.05) is 37.3 Å². The molecule has 0 radical (unpaired) electrons. The summed E-state index contributed by atoms with van der Waals surface area (Å²) < 4.78 is 0. The summed E-state index contributed by atoms with van der Waals surface area (Å²) in [5.41, 5.74) is 9.11. The Hall–Kier alpha value is -3.79. The summed E-state index contributed by atoms with van der Waals surface area (Å²) in [6, 6.07) is 11.1. The summed E-state index contributed by atoms with van der Waals surface area (Å²) in [5.74, 6) is -0.675. The van der Waals surface area contributed by atoms with E-state index in [1.807, 2.05) is 37.3 Å². The molecular formula is C24H26N6O3S. The van der Waals surface area contributed by atoms with Gasteiger partial charge in [0.05, 0.1) is 17.5 Å². The molecule has 1 saturated heterocycles. The molecule has 0 saturated carbocycles. The fourth-order valence-electron chi connectivity index (χ4n) is 4.14. The lowest BCUT2D eigenvalue weighted by Crippen LogP contribution is -2.70. The number of nitrogens with one attached hydrogen (secondary N) is 1. The number of hydrogen-bond acceptors (Lipinski definition) is 7. The standard InChI is InChI=1S/C24H26N6O3S/c1-3-18(16-7-5-4-6-8-16)28-24(33)30-21(23(32)29(2)20-13-34-14-27-20)17(22(30)31)11-15-9-10-26-19(25)12-15/h4-10,12-14,17-18,21H,3,11H2,1-2H3,(H2,25,26)(H,28,33)/t17-,18-,21+/m1/s1. The molecule has 2 aromatic heterocycles. The number of nitrogens with two attached hydrogens (primary N) is 1. The number of amides is 4. The molecule has 176 valence electrons. The van der Waals surface area contributed by atoms with Crippen LogP contribution in [0.3, 0.4) is 0 Å². The SMILES string of the molecule is CC[C@@H](NC(=O)N1C(=O)[C@H](Cc2ccnc(N)c2)[C@H]1C(=O)N(C)c1cscn1)c1ccccc1. The molecular weight excluding hydrogens is 452 g/mol. The molecule has 1 aromatic carbocycles. The van der Waals surface area contributed by atoms with Crippen molar-refractivity contribution in [2.45, 2.75) is 31.8 Å². The Morgan fingerprint density at radius 2 is 2.00 bits per heavy atom. The lowest BCUT2D eigenvalue weighted by molar-refractivity contribution is -0.156. The third kappa shape index (κ3) is 4.62. The van der Waals surface area contributed by atoms with Crippen LogP contribution in [0, 0.1) is 5.92 Å². The fourth-order valence-corrected chi connectivity index (χ4v) is 4.71. The van der Waals surface area contributed by atoms with Crippen LogP contribution >= 0.6 is 11.3 Å². The highest BCUT2D eigenvalue weighted by Gasteiger charge is 2.55. The van der Waals surface area contributed by atoms with E-state index in [-0.39, 0.29) is 18.4 Å². The molecule has 34 heavy (non-hydrogen) atoms. The third-order valence-electron chi connectivity index (χ3n) is 5.99. The molecule has 4 amide bonds. The predicted molar refractivity (Wildman–Crippen MR) is 130 cm³/mol. The maximum Gasteiger partial charge on any atom is 0.325 e. The quantitative estimate of drug-likeness (QED) is 0.504. The number of anilines is 2. The number of nitrogens with zero attached hydrogens (tertiary/aromatic N) is 4. The number of pyridine rings is 1. The van der Waals surface area contributed by atoms with Gasteiger partial charge in [0.15, 0.2) is 0 Å². The van der Waals surface area contributed by atoms with Crippen LogP contribution in [0.5, 0.6) is 0 Å². The van der Waals surface area contributed by atoms with Gasteiger partial charge in [-0.05, 0) is 36.1 Å². The molecule has 1 aliphatic heterocycles. The van der Waals surface area contributed by atoms with E-state index in [2.05, 4.69) is 15.3 Å². The van der Waals surface area contributed by atoms with E-state index in [1.54, 1.807) is 36.3 Å². The first-order chi connectivity index (χ1) is 16.4. The van der Waals surface area contributed by atoms with Crippen LogP contribution in [-0.2, 0) is 16.0 Å². The number of imide groups is 1. The lowest BCUT2D eigenvalue weighted by Gasteiger charge is -2.45. The highest BCUT2D eigenvalue weighted by atomic mass is 32.1. The van der Waals surface area contributed by atoms with Gasteiger partial charge >= 0.3 is 6.03 Å². The maximum absolute atomic E-state index is 13.5. The van der Waals surface area contributed by atoms with E-state index in [9.17, 15) is 14.4 Å². The largest absolute Gasteiger partial charge is 0.384 e. The zero-order chi connectivity index (χ0) is 24.2. The zero-order valence-corrected chi connectivity index (χ0v) is 19.7. The first-order valence-corrected chi connectivity index (χ1v) is 11.9. The molecule has 0 bridgehead atoms. The number of rotatable bonds is 7. The second kappa shape index (κ2) is 10.0. The van der Waals surface area contributed by atoms with Crippen LogP contribution in [0.25, 0.3) is 0 Å². The molecule has 0 unspecified atom stereocenters. The van der Waals surface area contributed by atoms with Crippen molar-refractivity contribution in [2.75, 3.05) is 17.7 Å². The van der Waals surface area contributed by atoms with E-state index in [1.165, 1.54) is 16.2 Å². The highest BCUT2D eigenvalue weighted by Crippen LogP contribution is 2.33. The number of urea groups is 1. The lowest BCUT2D eigenvalue weighted by atomic mass is 9.81. The number of likely N-dealkylation sites (N-methyl/N-ethyl adjacent to an activating group) is 1. The molecule has 9 nitrogen and oxygen atoms in total. The Balaban J connectivity index is 1.58. The average Bonchev–Trinajstić information content (AvgIpc) is 3.39. The summed E-state index contributed by atoms with van der Waals surface area (Å²) >= 11 is 1.36. The smallest absolute Gasteiger partial charge is 0.325 e. The van der Waals surface area contributed by atoms with E-state index in [0.29, 0.717) is 18.1 Å². The number of thiazole rings is 1. The van der Waals surface area contributed by atoms with Crippen molar-refractivity contribution < 1.29 is 14.4 Å². The van der Waals surface area contributed by atoms with Gasteiger partial charge in [-0.25, -0.2) is 14.8 Å². The van der Waals surface area contributed by atoms with Crippen molar-refractivity contribution in [2.24, 2.45) is 5.92 Å². The van der Waals surface area contributed by atoms with Crippen molar-refractivity contribution >= 4 is 40.8 Å². The Labute approximate surface area is 201 Å². The molecule has 3 aromatic rings. The number of aromatic nitrogens is 2. The highest BCUT2D eigenvalue weighted by molar-refractivity contribution is 7.07. The van der Waals surface area contributed by atoms with E-state index in [0.717, 1.165) is 16.0 Å². The number of benzene rings is 1. The van der Waals surface area contributed by atoms with Crippen molar-refractivity contribution in [3.8, 4) is 0 Å². The van der Waals surface area contributed by atoms with Crippen molar-refractivity contribution in [1.82, 2.24) is 20.2 Å². The monoisotopic (exact) mass is 478 g/mol. The Morgan fingerprint density at radius 1 is 1.24 bits per heavy atom. The molecule has 10 heteroatoms. The van der Waals surface area contributed by atoms with E-state index < -0.39 is 23.9 Å².